The van der Waals surface area contributed by atoms with Gasteiger partial charge in [0.05, 0.1) is 0 Å². The van der Waals surface area contributed by atoms with Crippen LogP contribution in [0.5, 0.6) is 0 Å². The summed E-state index contributed by atoms with van der Waals surface area (Å²) in [5, 5.41) is 3.46. The molecule has 0 radical (unpaired) electrons. The van der Waals surface area contributed by atoms with E-state index in [-0.39, 0.29) is 0 Å². The number of aromatic nitrogens is 1. The molecule has 1 aromatic carbocycles. The first-order valence-corrected chi connectivity index (χ1v) is 7.52. The number of pyridine rings is 1. The number of nitrogens with one attached hydrogen (secondary N) is 1. The fourth-order valence-electron chi connectivity index (χ4n) is 2.33. The zero-order valence-electron chi connectivity index (χ0n) is 13.2. The molecule has 0 amide bonds. The normalized spacial score (nSPS) is 11.3. The maximum absolute atomic E-state index is 4.16. The molecule has 0 unspecified atom stereocenters. The zero-order chi connectivity index (χ0) is 15.1. The molecule has 0 aliphatic carbocycles. The lowest BCUT2D eigenvalue weighted by atomic mass is 10.1. The molecule has 2 rings (SSSR count). The maximum Gasteiger partial charge on any atom is 0.0312 e. The molecule has 0 atom stereocenters. The summed E-state index contributed by atoms with van der Waals surface area (Å²) in [5.74, 6) is 0. The molecular formula is C18H25N3. The van der Waals surface area contributed by atoms with Crippen LogP contribution in [0.3, 0.4) is 0 Å². The van der Waals surface area contributed by atoms with Gasteiger partial charge in [0, 0.05) is 38.1 Å². The highest BCUT2D eigenvalue weighted by molar-refractivity contribution is 5.23. The summed E-state index contributed by atoms with van der Waals surface area (Å²) < 4.78 is 0. The number of benzene rings is 1. The van der Waals surface area contributed by atoms with Gasteiger partial charge in [-0.3, -0.25) is 9.88 Å². The Bertz CT molecular complexity index is 537. The zero-order valence-corrected chi connectivity index (χ0v) is 13.2. The van der Waals surface area contributed by atoms with Crippen LogP contribution >= 0.6 is 0 Å². The smallest absolute Gasteiger partial charge is 0.0312 e. The first-order chi connectivity index (χ1) is 10.1. The van der Waals surface area contributed by atoms with E-state index in [1.165, 1.54) is 16.7 Å². The Balaban J connectivity index is 1.91. The van der Waals surface area contributed by atoms with E-state index in [2.05, 4.69) is 66.4 Å². The third-order valence-corrected chi connectivity index (χ3v) is 3.33. The van der Waals surface area contributed by atoms with Crippen LogP contribution in [0.2, 0.25) is 0 Å². The van der Waals surface area contributed by atoms with Gasteiger partial charge in [0.1, 0.15) is 0 Å². The quantitative estimate of drug-likeness (QED) is 0.845. The van der Waals surface area contributed by atoms with E-state index in [1.54, 1.807) is 0 Å². The summed E-state index contributed by atoms with van der Waals surface area (Å²) >= 11 is 0. The van der Waals surface area contributed by atoms with Crippen molar-refractivity contribution in [2.45, 2.75) is 39.5 Å². The van der Waals surface area contributed by atoms with Gasteiger partial charge in [0.2, 0.25) is 0 Å². The standard InChI is InChI=1S/C18H25N3/c1-15(2)20-12-16-6-4-7-17(10-16)13-21(3)14-18-8-5-9-19-11-18/h4-11,15,20H,12-14H2,1-3H3. The molecule has 0 saturated heterocycles. The van der Waals surface area contributed by atoms with E-state index < -0.39 is 0 Å². The number of hydrogen-bond donors (Lipinski definition) is 1. The van der Waals surface area contributed by atoms with Crippen molar-refractivity contribution >= 4 is 0 Å². The van der Waals surface area contributed by atoms with Crippen molar-refractivity contribution in [2.24, 2.45) is 0 Å². The van der Waals surface area contributed by atoms with Gasteiger partial charge in [-0.05, 0) is 29.8 Å². The van der Waals surface area contributed by atoms with Crippen molar-refractivity contribution in [3.05, 3.63) is 65.5 Å². The summed E-state index contributed by atoms with van der Waals surface area (Å²) in [6.45, 7) is 7.14. The Morgan fingerprint density at radius 1 is 1.05 bits per heavy atom. The van der Waals surface area contributed by atoms with Gasteiger partial charge >= 0.3 is 0 Å². The van der Waals surface area contributed by atoms with Crippen LogP contribution in [0.4, 0.5) is 0 Å². The van der Waals surface area contributed by atoms with Gasteiger partial charge in [-0.25, -0.2) is 0 Å². The molecule has 0 spiro atoms. The average molecular weight is 283 g/mol. The summed E-state index contributed by atoms with van der Waals surface area (Å²) in [6, 6.07) is 13.4. The van der Waals surface area contributed by atoms with E-state index in [4.69, 9.17) is 0 Å². The Morgan fingerprint density at radius 2 is 1.76 bits per heavy atom. The SMILES string of the molecule is CC(C)NCc1cccc(CN(C)Cc2cccnc2)c1. The largest absolute Gasteiger partial charge is 0.310 e. The van der Waals surface area contributed by atoms with Crippen molar-refractivity contribution in [2.75, 3.05) is 7.05 Å². The number of nitrogens with zero attached hydrogens (tertiary/aromatic N) is 2. The van der Waals surface area contributed by atoms with E-state index in [9.17, 15) is 0 Å². The Hall–Kier alpha value is -1.71. The Kier molecular flexibility index (Phi) is 5.90. The Morgan fingerprint density at radius 3 is 2.48 bits per heavy atom. The van der Waals surface area contributed by atoms with E-state index in [1.807, 2.05) is 18.5 Å². The van der Waals surface area contributed by atoms with Crippen LogP contribution in [-0.4, -0.2) is 23.0 Å². The predicted octanol–water partition coefficient (Wildman–Crippen LogP) is 3.21. The van der Waals surface area contributed by atoms with Crippen LogP contribution < -0.4 is 5.32 Å². The van der Waals surface area contributed by atoms with Crippen LogP contribution in [0.15, 0.2) is 48.8 Å². The lowest BCUT2D eigenvalue weighted by molar-refractivity contribution is 0.318. The van der Waals surface area contributed by atoms with Crippen molar-refractivity contribution < 1.29 is 0 Å². The average Bonchev–Trinajstić information content (AvgIpc) is 2.46. The molecule has 3 nitrogen and oxygen atoms in total. The van der Waals surface area contributed by atoms with Gasteiger partial charge in [-0.2, -0.15) is 0 Å². The highest BCUT2D eigenvalue weighted by atomic mass is 15.1. The van der Waals surface area contributed by atoms with E-state index in [0.717, 1.165) is 19.6 Å². The number of rotatable bonds is 7. The Labute approximate surface area is 128 Å². The van der Waals surface area contributed by atoms with Crippen LogP contribution in [0, 0.1) is 0 Å². The molecule has 0 aliphatic rings. The second kappa shape index (κ2) is 7.91. The molecule has 112 valence electrons. The molecule has 0 bridgehead atoms. The van der Waals surface area contributed by atoms with Crippen molar-refractivity contribution in [3.63, 3.8) is 0 Å². The molecule has 21 heavy (non-hydrogen) atoms. The lowest BCUT2D eigenvalue weighted by Gasteiger charge is -2.17. The monoisotopic (exact) mass is 283 g/mol. The first-order valence-electron chi connectivity index (χ1n) is 7.52. The molecule has 1 heterocycles. The highest BCUT2D eigenvalue weighted by Crippen LogP contribution is 2.10. The summed E-state index contributed by atoms with van der Waals surface area (Å²) in [5.41, 5.74) is 3.94. The topological polar surface area (TPSA) is 28.2 Å². The molecule has 0 fully saturated rings. The second-order valence-corrected chi connectivity index (χ2v) is 5.89. The van der Waals surface area contributed by atoms with E-state index >= 15 is 0 Å². The summed E-state index contributed by atoms with van der Waals surface area (Å²) in [7, 11) is 2.14. The molecule has 2 aromatic rings. The molecule has 0 saturated carbocycles. The van der Waals surface area contributed by atoms with Crippen LogP contribution in [-0.2, 0) is 19.6 Å². The maximum atomic E-state index is 4.16. The summed E-state index contributed by atoms with van der Waals surface area (Å²) in [6.07, 6.45) is 3.74. The van der Waals surface area contributed by atoms with E-state index in [0.29, 0.717) is 6.04 Å². The fourth-order valence-corrected chi connectivity index (χ4v) is 2.33. The third kappa shape index (κ3) is 5.66. The van der Waals surface area contributed by atoms with Crippen molar-refractivity contribution in [1.82, 2.24) is 15.2 Å². The molecule has 1 aromatic heterocycles. The molecule has 3 heteroatoms. The minimum absolute atomic E-state index is 0.516. The van der Waals surface area contributed by atoms with Gasteiger partial charge < -0.3 is 5.32 Å². The first kappa shape index (κ1) is 15.7. The highest BCUT2D eigenvalue weighted by Gasteiger charge is 2.03. The summed E-state index contributed by atoms with van der Waals surface area (Å²) in [4.78, 5) is 6.48. The fraction of sp³-hybridized carbons (Fsp3) is 0.389. The predicted molar refractivity (Wildman–Crippen MR) is 87.8 cm³/mol. The van der Waals surface area contributed by atoms with Gasteiger partial charge in [-0.15, -0.1) is 0 Å². The second-order valence-electron chi connectivity index (χ2n) is 5.89. The molecule has 0 aliphatic heterocycles. The van der Waals surface area contributed by atoms with Gasteiger partial charge in [0.15, 0.2) is 0 Å². The van der Waals surface area contributed by atoms with Crippen molar-refractivity contribution in [1.29, 1.82) is 0 Å². The number of hydrogen-bond acceptors (Lipinski definition) is 3. The van der Waals surface area contributed by atoms with Crippen molar-refractivity contribution in [3.8, 4) is 0 Å². The third-order valence-electron chi connectivity index (χ3n) is 3.33. The van der Waals surface area contributed by atoms with Gasteiger partial charge in [0.25, 0.3) is 0 Å². The molecule has 1 N–H and O–H groups in total. The van der Waals surface area contributed by atoms with Crippen LogP contribution in [0.25, 0.3) is 0 Å². The van der Waals surface area contributed by atoms with Gasteiger partial charge in [-0.1, -0.05) is 44.2 Å². The minimum Gasteiger partial charge on any atom is -0.310 e. The lowest BCUT2D eigenvalue weighted by Crippen LogP contribution is -2.22. The van der Waals surface area contributed by atoms with Crippen LogP contribution in [0.1, 0.15) is 30.5 Å². The molecular weight excluding hydrogens is 258 g/mol. The minimum atomic E-state index is 0.516.